The molecule has 0 spiro atoms. The zero-order valence-corrected chi connectivity index (χ0v) is 9.55. The van der Waals surface area contributed by atoms with Crippen molar-refractivity contribution in [2.75, 3.05) is 5.32 Å². The Bertz CT molecular complexity index is 444. The molecule has 1 atom stereocenters. The van der Waals surface area contributed by atoms with Gasteiger partial charge in [0.05, 0.1) is 11.3 Å². The van der Waals surface area contributed by atoms with Gasteiger partial charge in [0.15, 0.2) is 0 Å². The number of hydrogen-bond acceptors (Lipinski definition) is 2. The minimum atomic E-state index is -0.368. The van der Waals surface area contributed by atoms with Crippen molar-refractivity contribution >= 4 is 5.69 Å². The number of nitrogens with zero attached hydrogens (tertiary/aromatic N) is 1. The molecule has 0 aromatic heterocycles. The maximum absolute atomic E-state index is 12.9. The molecular formula is C13H15FN2. The first-order valence-corrected chi connectivity index (χ1v) is 5.51. The smallest absolute Gasteiger partial charge is 0.124 e. The second kappa shape index (κ2) is 3.79. The van der Waals surface area contributed by atoms with Gasteiger partial charge < -0.3 is 5.32 Å². The first-order valence-electron chi connectivity index (χ1n) is 5.51. The standard InChI is InChI=1S/C13H15FN2/c1-9(13(2)5-6-13)16-12-4-3-11(14)7-10(12)8-15/h3-4,7,9,16H,5-6H2,1-2H3. The Balaban J connectivity index is 2.18. The Morgan fingerprint density at radius 1 is 1.50 bits per heavy atom. The third kappa shape index (κ3) is 2.01. The number of rotatable bonds is 3. The van der Waals surface area contributed by atoms with Crippen molar-refractivity contribution < 1.29 is 4.39 Å². The van der Waals surface area contributed by atoms with E-state index in [1.807, 2.05) is 6.07 Å². The summed E-state index contributed by atoms with van der Waals surface area (Å²) in [5.41, 5.74) is 1.43. The summed E-state index contributed by atoms with van der Waals surface area (Å²) in [4.78, 5) is 0. The van der Waals surface area contributed by atoms with Gasteiger partial charge in [0.2, 0.25) is 0 Å². The van der Waals surface area contributed by atoms with Crippen LogP contribution in [-0.2, 0) is 0 Å². The Kier molecular flexibility index (Phi) is 2.59. The topological polar surface area (TPSA) is 35.8 Å². The van der Waals surface area contributed by atoms with Crippen molar-refractivity contribution in [1.82, 2.24) is 0 Å². The Hall–Kier alpha value is -1.56. The van der Waals surface area contributed by atoms with Crippen molar-refractivity contribution in [2.45, 2.75) is 32.7 Å². The van der Waals surface area contributed by atoms with Gasteiger partial charge in [-0.3, -0.25) is 0 Å². The molecule has 1 saturated carbocycles. The number of hydrogen-bond donors (Lipinski definition) is 1. The average Bonchev–Trinajstić information content (AvgIpc) is 3.00. The summed E-state index contributed by atoms with van der Waals surface area (Å²) in [6.45, 7) is 4.33. The van der Waals surface area contributed by atoms with Gasteiger partial charge in [-0.05, 0) is 43.4 Å². The van der Waals surface area contributed by atoms with Crippen LogP contribution in [0.2, 0.25) is 0 Å². The molecule has 84 valence electrons. The van der Waals surface area contributed by atoms with E-state index >= 15 is 0 Å². The second-order valence-corrected chi connectivity index (χ2v) is 4.82. The molecule has 1 N–H and O–H groups in total. The molecule has 0 aliphatic heterocycles. The predicted molar refractivity (Wildman–Crippen MR) is 61.5 cm³/mol. The van der Waals surface area contributed by atoms with Crippen LogP contribution in [0.15, 0.2) is 18.2 Å². The summed E-state index contributed by atoms with van der Waals surface area (Å²) in [6.07, 6.45) is 2.43. The third-order valence-electron chi connectivity index (χ3n) is 3.56. The summed E-state index contributed by atoms with van der Waals surface area (Å²) in [6, 6.07) is 6.60. The molecule has 2 nitrogen and oxygen atoms in total. The lowest BCUT2D eigenvalue weighted by atomic mass is 10.00. The van der Waals surface area contributed by atoms with Crippen LogP contribution >= 0.6 is 0 Å². The molecule has 1 aliphatic carbocycles. The van der Waals surface area contributed by atoms with Crippen molar-refractivity contribution in [1.29, 1.82) is 5.26 Å². The van der Waals surface area contributed by atoms with E-state index in [0.29, 0.717) is 17.0 Å². The largest absolute Gasteiger partial charge is 0.381 e. The van der Waals surface area contributed by atoms with Gasteiger partial charge in [0.1, 0.15) is 11.9 Å². The molecule has 0 radical (unpaired) electrons. The highest BCUT2D eigenvalue weighted by Crippen LogP contribution is 2.48. The molecule has 0 heterocycles. The molecule has 0 saturated heterocycles. The molecule has 0 bridgehead atoms. The second-order valence-electron chi connectivity index (χ2n) is 4.82. The minimum Gasteiger partial charge on any atom is -0.381 e. The van der Waals surface area contributed by atoms with E-state index < -0.39 is 0 Å². The lowest BCUT2D eigenvalue weighted by molar-refractivity contribution is 0.493. The Morgan fingerprint density at radius 2 is 2.19 bits per heavy atom. The van der Waals surface area contributed by atoms with Gasteiger partial charge >= 0.3 is 0 Å². The predicted octanol–water partition coefficient (Wildman–Crippen LogP) is 3.30. The molecule has 3 heteroatoms. The van der Waals surface area contributed by atoms with Crippen molar-refractivity contribution in [2.24, 2.45) is 5.41 Å². The fourth-order valence-electron chi connectivity index (χ4n) is 1.77. The van der Waals surface area contributed by atoms with Crippen molar-refractivity contribution in [3.8, 4) is 6.07 Å². The minimum absolute atomic E-state index is 0.310. The van der Waals surface area contributed by atoms with E-state index in [4.69, 9.17) is 5.26 Å². The van der Waals surface area contributed by atoms with E-state index in [2.05, 4.69) is 19.2 Å². The SMILES string of the molecule is CC(Nc1ccc(F)cc1C#N)C1(C)CC1. The van der Waals surface area contributed by atoms with Crippen LogP contribution in [0.4, 0.5) is 10.1 Å². The van der Waals surface area contributed by atoms with Crippen molar-refractivity contribution in [3.05, 3.63) is 29.6 Å². The van der Waals surface area contributed by atoms with Gasteiger partial charge in [-0.15, -0.1) is 0 Å². The highest BCUT2D eigenvalue weighted by Gasteiger charge is 2.42. The zero-order valence-electron chi connectivity index (χ0n) is 9.55. The van der Waals surface area contributed by atoms with Crippen LogP contribution in [0, 0.1) is 22.6 Å². The maximum atomic E-state index is 12.9. The fraction of sp³-hybridized carbons (Fsp3) is 0.462. The summed E-state index contributed by atoms with van der Waals surface area (Å²) in [5.74, 6) is -0.368. The molecule has 0 amide bonds. The van der Waals surface area contributed by atoms with Gasteiger partial charge in [-0.2, -0.15) is 5.26 Å². The molecule has 1 aromatic rings. The van der Waals surface area contributed by atoms with Crippen LogP contribution in [0.3, 0.4) is 0 Å². The fourth-order valence-corrected chi connectivity index (χ4v) is 1.77. The summed E-state index contributed by atoms with van der Waals surface area (Å²) in [5, 5.41) is 12.2. The maximum Gasteiger partial charge on any atom is 0.124 e. The lowest BCUT2D eigenvalue weighted by Crippen LogP contribution is -2.25. The van der Waals surface area contributed by atoms with E-state index in [1.54, 1.807) is 6.07 Å². The Morgan fingerprint density at radius 3 is 2.75 bits per heavy atom. The third-order valence-corrected chi connectivity index (χ3v) is 3.56. The van der Waals surface area contributed by atoms with Gasteiger partial charge in [-0.25, -0.2) is 4.39 Å². The molecule has 1 aromatic carbocycles. The number of anilines is 1. The van der Waals surface area contributed by atoms with Crippen LogP contribution in [-0.4, -0.2) is 6.04 Å². The number of nitrogens with one attached hydrogen (secondary N) is 1. The van der Waals surface area contributed by atoms with Gasteiger partial charge in [0.25, 0.3) is 0 Å². The van der Waals surface area contributed by atoms with Gasteiger partial charge in [0, 0.05) is 6.04 Å². The summed E-state index contributed by atoms with van der Waals surface area (Å²) in [7, 11) is 0. The first kappa shape index (κ1) is 10.9. The monoisotopic (exact) mass is 218 g/mol. The normalized spacial score (nSPS) is 18.6. The molecule has 1 fully saturated rings. The van der Waals surface area contributed by atoms with E-state index in [-0.39, 0.29) is 5.82 Å². The van der Waals surface area contributed by atoms with Crippen LogP contribution in [0.25, 0.3) is 0 Å². The van der Waals surface area contributed by atoms with Gasteiger partial charge in [-0.1, -0.05) is 6.92 Å². The zero-order chi connectivity index (χ0) is 11.8. The number of halogens is 1. The van der Waals surface area contributed by atoms with E-state index in [1.165, 1.54) is 25.0 Å². The molecule has 1 aliphatic rings. The molecule has 2 rings (SSSR count). The molecule has 16 heavy (non-hydrogen) atoms. The average molecular weight is 218 g/mol. The van der Waals surface area contributed by atoms with Crippen LogP contribution < -0.4 is 5.32 Å². The first-order chi connectivity index (χ1) is 7.55. The highest BCUT2D eigenvalue weighted by molar-refractivity contribution is 5.58. The summed E-state index contributed by atoms with van der Waals surface area (Å²) < 4.78 is 12.9. The number of nitriles is 1. The quantitative estimate of drug-likeness (QED) is 0.845. The number of benzene rings is 1. The van der Waals surface area contributed by atoms with Crippen molar-refractivity contribution in [3.63, 3.8) is 0 Å². The van der Waals surface area contributed by atoms with E-state index in [0.717, 1.165) is 5.69 Å². The summed E-state index contributed by atoms with van der Waals surface area (Å²) >= 11 is 0. The van der Waals surface area contributed by atoms with Crippen LogP contribution in [0.5, 0.6) is 0 Å². The molecule has 1 unspecified atom stereocenters. The van der Waals surface area contributed by atoms with E-state index in [9.17, 15) is 4.39 Å². The molecular weight excluding hydrogens is 203 g/mol. The Labute approximate surface area is 95.1 Å². The van der Waals surface area contributed by atoms with Crippen LogP contribution in [0.1, 0.15) is 32.3 Å². The lowest BCUT2D eigenvalue weighted by Gasteiger charge is -2.22. The highest BCUT2D eigenvalue weighted by atomic mass is 19.1.